The van der Waals surface area contributed by atoms with Gasteiger partial charge in [-0.15, -0.1) is 0 Å². The molecular weight excluding hydrogens is 238 g/mol. The summed E-state index contributed by atoms with van der Waals surface area (Å²) in [5.74, 6) is -0.843. The molecular formula is C11H19N3O4. The fraction of sp³-hybridized carbons (Fsp3) is 0.727. The number of carbonyl (C=O) groups is 2. The molecule has 0 aromatic rings. The summed E-state index contributed by atoms with van der Waals surface area (Å²) in [6.07, 6.45) is -0.309. The maximum absolute atomic E-state index is 11.7. The Morgan fingerprint density at radius 3 is 2.61 bits per heavy atom. The lowest BCUT2D eigenvalue weighted by atomic mass is 9.98. The van der Waals surface area contributed by atoms with Crippen LogP contribution in [0.3, 0.4) is 0 Å². The van der Waals surface area contributed by atoms with E-state index in [-0.39, 0.29) is 5.97 Å². The van der Waals surface area contributed by atoms with Crippen molar-refractivity contribution < 1.29 is 19.1 Å². The number of primary amides is 1. The van der Waals surface area contributed by atoms with Crippen molar-refractivity contribution in [3.63, 3.8) is 0 Å². The molecule has 7 heteroatoms. The van der Waals surface area contributed by atoms with Gasteiger partial charge in [0.25, 0.3) is 0 Å². The predicted molar refractivity (Wildman–Crippen MR) is 64.7 cm³/mol. The monoisotopic (exact) mass is 257 g/mol. The highest BCUT2D eigenvalue weighted by atomic mass is 16.5. The van der Waals surface area contributed by atoms with Crippen molar-refractivity contribution in [3.05, 3.63) is 0 Å². The van der Waals surface area contributed by atoms with E-state index in [0.29, 0.717) is 25.3 Å². The fourth-order valence-corrected chi connectivity index (χ4v) is 1.81. The molecule has 2 N–H and O–H groups in total. The summed E-state index contributed by atoms with van der Waals surface area (Å²) in [7, 11) is 0. The van der Waals surface area contributed by atoms with Crippen LogP contribution in [-0.4, -0.2) is 42.2 Å². The second kappa shape index (κ2) is 6.34. The first kappa shape index (κ1) is 14.4. The normalized spacial score (nSPS) is 23.5. The number of ether oxygens (including phenoxy) is 2. The van der Waals surface area contributed by atoms with Crippen LogP contribution in [0, 0.1) is 5.92 Å². The standard InChI is InChI=1S/C11H19N3O4/c1-4-17-9-6-8(10(15)18-5-2)7(3)13-14(9)11(12)16/h8-9H,4-6H2,1-3H3,(H2,12,16)/t8-,9-/m1/s1. The van der Waals surface area contributed by atoms with Crippen LogP contribution < -0.4 is 5.73 Å². The summed E-state index contributed by atoms with van der Waals surface area (Å²) in [6, 6.07) is -0.699. The molecule has 0 saturated carbocycles. The minimum Gasteiger partial charge on any atom is -0.465 e. The third-order valence-corrected chi connectivity index (χ3v) is 2.64. The number of urea groups is 1. The van der Waals surface area contributed by atoms with E-state index in [1.54, 1.807) is 20.8 Å². The van der Waals surface area contributed by atoms with Gasteiger partial charge < -0.3 is 15.2 Å². The van der Waals surface area contributed by atoms with Crippen molar-refractivity contribution in [1.29, 1.82) is 0 Å². The topological polar surface area (TPSA) is 94.2 Å². The number of esters is 1. The Bertz CT molecular complexity index is 356. The molecule has 0 spiro atoms. The van der Waals surface area contributed by atoms with E-state index in [1.807, 2.05) is 0 Å². The molecule has 2 atom stereocenters. The molecule has 0 bridgehead atoms. The van der Waals surface area contributed by atoms with Gasteiger partial charge in [0.05, 0.1) is 12.3 Å². The maximum Gasteiger partial charge on any atom is 0.337 e. The average molecular weight is 257 g/mol. The molecule has 0 radical (unpaired) electrons. The van der Waals surface area contributed by atoms with Crippen LogP contribution >= 0.6 is 0 Å². The smallest absolute Gasteiger partial charge is 0.337 e. The van der Waals surface area contributed by atoms with Gasteiger partial charge in [0.15, 0.2) is 6.23 Å². The molecule has 1 aliphatic rings. The summed E-state index contributed by atoms with van der Waals surface area (Å²) >= 11 is 0. The summed E-state index contributed by atoms with van der Waals surface area (Å²) < 4.78 is 10.3. The number of rotatable bonds is 4. The SMILES string of the molecule is CCOC(=O)[C@@H]1C[C@@H](OCC)N(C(N)=O)N=C1C. The molecule has 7 nitrogen and oxygen atoms in total. The molecule has 0 aromatic heterocycles. The van der Waals surface area contributed by atoms with Gasteiger partial charge in [0, 0.05) is 13.0 Å². The van der Waals surface area contributed by atoms with E-state index in [9.17, 15) is 9.59 Å². The lowest BCUT2D eigenvalue weighted by Gasteiger charge is -2.33. The van der Waals surface area contributed by atoms with Crippen LogP contribution in [0.2, 0.25) is 0 Å². The van der Waals surface area contributed by atoms with Crippen molar-refractivity contribution in [3.8, 4) is 0 Å². The number of hydrogen-bond donors (Lipinski definition) is 1. The van der Waals surface area contributed by atoms with Crippen molar-refractivity contribution in [2.75, 3.05) is 13.2 Å². The zero-order valence-electron chi connectivity index (χ0n) is 10.9. The lowest BCUT2D eigenvalue weighted by Crippen LogP contribution is -2.48. The molecule has 1 aliphatic heterocycles. The highest BCUT2D eigenvalue weighted by molar-refractivity contribution is 6.01. The van der Waals surface area contributed by atoms with Crippen LogP contribution in [0.4, 0.5) is 4.79 Å². The molecule has 0 aromatic carbocycles. The quantitative estimate of drug-likeness (QED) is 0.749. The van der Waals surface area contributed by atoms with Crippen LogP contribution in [0.5, 0.6) is 0 Å². The number of carbonyl (C=O) groups excluding carboxylic acids is 2. The Labute approximate surface area is 106 Å². The summed E-state index contributed by atoms with van der Waals surface area (Å²) in [4.78, 5) is 23.0. The van der Waals surface area contributed by atoms with Gasteiger partial charge in [-0.05, 0) is 20.8 Å². The maximum atomic E-state index is 11.7. The first-order valence-electron chi connectivity index (χ1n) is 5.93. The Hall–Kier alpha value is -1.63. The van der Waals surface area contributed by atoms with Crippen LogP contribution in [0.25, 0.3) is 0 Å². The van der Waals surface area contributed by atoms with E-state index in [2.05, 4.69) is 5.10 Å². The average Bonchev–Trinajstić information content (AvgIpc) is 2.31. The van der Waals surface area contributed by atoms with Crippen molar-refractivity contribution >= 4 is 17.7 Å². The Morgan fingerprint density at radius 1 is 1.44 bits per heavy atom. The highest BCUT2D eigenvalue weighted by Crippen LogP contribution is 2.23. The van der Waals surface area contributed by atoms with Crippen molar-refractivity contribution in [1.82, 2.24) is 5.01 Å². The van der Waals surface area contributed by atoms with Gasteiger partial charge >= 0.3 is 12.0 Å². The Kier molecular flexibility index (Phi) is 5.08. The van der Waals surface area contributed by atoms with E-state index in [1.165, 1.54) is 0 Å². The third kappa shape index (κ3) is 3.19. The Morgan fingerprint density at radius 2 is 2.11 bits per heavy atom. The second-order valence-electron chi connectivity index (χ2n) is 3.87. The van der Waals surface area contributed by atoms with Crippen LogP contribution in [0.15, 0.2) is 5.10 Å². The van der Waals surface area contributed by atoms with Gasteiger partial charge in [0.2, 0.25) is 0 Å². The number of amides is 2. The molecule has 18 heavy (non-hydrogen) atoms. The van der Waals surface area contributed by atoms with E-state index in [4.69, 9.17) is 15.2 Å². The molecule has 0 saturated heterocycles. The minimum atomic E-state index is -0.699. The second-order valence-corrected chi connectivity index (χ2v) is 3.87. The zero-order chi connectivity index (χ0) is 13.7. The van der Waals surface area contributed by atoms with E-state index >= 15 is 0 Å². The summed E-state index contributed by atoms with van der Waals surface area (Å²) in [6.45, 7) is 5.91. The van der Waals surface area contributed by atoms with Crippen LogP contribution in [0.1, 0.15) is 27.2 Å². The number of nitrogens with two attached hydrogens (primary N) is 1. The van der Waals surface area contributed by atoms with E-state index in [0.717, 1.165) is 5.01 Å². The van der Waals surface area contributed by atoms with Gasteiger partial charge in [0.1, 0.15) is 5.92 Å². The zero-order valence-corrected chi connectivity index (χ0v) is 10.9. The largest absolute Gasteiger partial charge is 0.465 e. The number of hydrogen-bond acceptors (Lipinski definition) is 5. The summed E-state index contributed by atoms with van der Waals surface area (Å²) in [5, 5.41) is 5.08. The summed E-state index contributed by atoms with van der Waals surface area (Å²) in [5.41, 5.74) is 5.72. The molecule has 2 amide bonds. The fourth-order valence-electron chi connectivity index (χ4n) is 1.81. The first-order valence-corrected chi connectivity index (χ1v) is 5.93. The van der Waals surface area contributed by atoms with Crippen LogP contribution in [-0.2, 0) is 14.3 Å². The van der Waals surface area contributed by atoms with Gasteiger partial charge in [-0.2, -0.15) is 10.1 Å². The molecule has 0 fully saturated rings. The van der Waals surface area contributed by atoms with Gasteiger partial charge in [-0.25, -0.2) is 4.79 Å². The van der Waals surface area contributed by atoms with Crippen molar-refractivity contribution in [2.24, 2.45) is 16.8 Å². The molecule has 1 heterocycles. The molecule has 0 aliphatic carbocycles. The van der Waals surface area contributed by atoms with Crippen molar-refractivity contribution in [2.45, 2.75) is 33.4 Å². The first-order chi connectivity index (χ1) is 8.51. The molecule has 0 unspecified atom stereocenters. The lowest BCUT2D eigenvalue weighted by molar-refractivity contribution is -0.148. The molecule has 102 valence electrons. The minimum absolute atomic E-state index is 0.307. The highest BCUT2D eigenvalue weighted by Gasteiger charge is 2.36. The third-order valence-electron chi connectivity index (χ3n) is 2.64. The Balaban J connectivity index is 2.89. The predicted octanol–water partition coefficient (Wildman–Crippen LogP) is 0.689. The number of nitrogens with zero attached hydrogens (tertiary/aromatic N) is 2. The number of hydrazone groups is 1. The van der Waals surface area contributed by atoms with E-state index < -0.39 is 18.2 Å². The van der Waals surface area contributed by atoms with Gasteiger partial charge in [-0.3, -0.25) is 4.79 Å². The van der Waals surface area contributed by atoms with Gasteiger partial charge in [-0.1, -0.05) is 0 Å². The molecule has 1 rings (SSSR count).